The maximum absolute atomic E-state index is 5.99. The SMILES string of the molecule is NC1CCCN(c2ccc(-c3ccc(Br)s3)nn2)C1. The zero-order chi connectivity index (χ0) is 13.2. The molecule has 0 saturated carbocycles. The van der Waals surface area contributed by atoms with Crippen molar-refractivity contribution in [2.75, 3.05) is 18.0 Å². The zero-order valence-corrected chi connectivity index (χ0v) is 12.8. The number of aromatic nitrogens is 2. The van der Waals surface area contributed by atoms with Crippen LogP contribution in [0, 0.1) is 0 Å². The van der Waals surface area contributed by atoms with Crippen molar-refractivity contribution >= 4 is 33.1 Å². The van der Waals surface area contributed by atoms with Gasteiger partial charge in [0.05, 0.1) is 8.66 Å². The van der Waals surface area contributed by atoms with Crippen LogP contribution in [0.5, 0.6) is 0 Å². The Morgan fingerprint density at radius 3 is 2.79 bits per heavy atom. The van der Waals surface area contributed by atoms with E-state index in [1.807, 2.05) is 18.2 Å². The van der Waals surface area contributed by atoms with Gasteiger partial charge in [-0.05, 0) is 53.0 Å². The molecule has 6 heteroatoms. The molecule has 4 nitrogen and oxygen atoms in total. The van der Waals surface area contributed by atoms with Gasteiger partial charge in [0.2, 0.25) is 0 Å². The summed E-state index contributed by atoms with van der Waals surface area (Å²) in [5.41, 5.74) is 6.91. The average molecular weight is 339 g/mol. The van der Waals surface area contributed by atoms with Crippen LogP contribution in [0.3, 0.4) is 0 Å². The van der Waals surface area contributed by atoms with Crippen molar-refractivity contribution in [3.8, 4) is 10.6 Å². The Balaban J connectivity index is 1.78. The maximum Gasteiger partial charge on any atom is 0.151 e. The summed E-state index contributed by atoms with van der Waals surface area (Å²) in [7, 11) is 0. The third-order valence-corrected chi connectivity index (χ3v) is 4.90. The fourth-order valence-electron chi connectivity index (χ4n) is 2.30. The van der Waals surface area contributed by atoms with Crippen molar-refractivity contribution in [1.82, 2.24) is 10.2 Å². The van der Waals surface area contributed by atoms with Crippen LogP contribution in [0.1, 0.15) is 12.8 Å². The fourth-order valence-corrected chi connectivity index (χ4v) is 3.65. The highest BCUT2D eigenvalue weighted by molar-refractivity contribution is 9.11. The Morgan fingerprint density at radius 2 is 2.16 bits per heavy atom. The topological polar surface area (TPSA) is 55.0 Å². The highest BCUT2D eigenvalue weighted by Gasteiger charge is 2.18. The number of hydrogen-bond acceptors (Lipinski definition) is 5. The number of rotatable bonds is 2. The highest BCUT2D eigenvalue weighted by atomic mass is 79.9. The van der Waals surface area contributed by atoms with Crippen LogP contribution in [0.2, 0.25) is 0 Å². The molecule has 1 saturated heterocycles. The summed E-state index contributed by atoms with van der Waals surface area (Å²) in [5.74, 6) is 0.925. The maximum atomic E-state index is 5.99. The smallest absolute Gasteiger partial charge is 0.151 e. The number of piperidine rings is 1. The van der Waals surface area contributed by atoms with E-state index in [4.69, 9.17) is 5.73 Å². The van der Waals surface area contributed by atoms with Crippen molar-refractivity contribution in [2.45, 2.75) is 18.9 Å². The molecule has 0 amide bonds. The first-order valence-electron chi connectivity index (χ1n) is 6.32. The molecule has 0 aliphatic carbocycles. The van der Waals surface area contributed by atoms with Gasteiger partial charge in [0.15, 0.2) is 5.82 Å². The monoisotopic (exact) mass is 338 g/mol. The normalized spacial score (nSPS) is 19.7. The van der Waals surface area contributed by atoms with Crippen LogP contribution >= 0.6 is 27.3 Å². The molecule has 2 aromatic heterocycles. The lowest BCUT2D eigenvalue weighted by atomic mass is 10.1. The summed E-state index contributed by atoms with van der Waals surface area (Å²) in [6.07, 6.45) is 2.23. The van der Waals surface area contributed by atoms with Crippen LogP contribution in [-0.2, 0) is 0 Å². The number of hydrogen-bond donors (Lipinski definition) is 1. The molecule has 3 rings (SSSR count). The van der Waals surface area contributed by atoms with Gasteiger partial charge >= 0.3 is 0 Å². The van der Waals surface area contributed by atoms with Crippen molar-refractivity contribution in [3.05, 3.63) is 28.1 Å². The van der Waals surface area contributed by atoms with Gasteiger partial charge in [-0.25, -0.2) is 0 Å². The third kappa shape index (κ3) is 2.96. The van der Waals surface area contributed by atoms with E-state index >= 15 is 0 Å². The second-order valence-corrected chi connectivity index (χ2v) is 7.19. The molecule has 2 aromatic rings. The summed E-state index contributed by atoms with van der Waals surface area (Å²) in [6.45, 7) is 1.89. The van der Waals surface area contributed by atoms with E-state index < -0.39 is 0 Å². The molecule has 1 unspecified atom stereocenters. The predicted molar refractivity (Wildman–Crippen MR) is 82.5 cm³/mol. The van der Waals surface area contributed by atoms with E-state index in [1.165, 1.54) is 0 Å². The minimum atomic E-state index is 0.253. The second kappa shape index (κ2) is 5.56. The zero-order valence-electron chi connectivity index (χ0n) is 10.4. The fraction of sp³-hybridized carbons (Fsp3) is 0.385. The molecule has 1 atom stereocenters. The number of nitrogens with two attached hydrogens (primary N) is 1. The summed E-state index contributed by atoms with van der Waals surface area (Å²) in [5, 5.41) is 8.65. The van der Waals surface area contributed by atoms with Gasteiger partial charge < -0.3 is 10.6 Å². The first-order chi connectivity index (χ1) is 9.22. The number of anilines is 1. The molecule has 19 heavy (non-hydrogen) atoms. The molecule has 3 heterocycles. The lowest BCUT2D eigenvalue weighted by molar-refractivity contribution is 0.502. The van der Waals surface area contributed by atoms with Crippen molar-refractivity contribution in [1.29, 1.82) is 0 Å². The summed E-state index contributed by atoms with van der Waals surface area (Å²) in [4.78, 5) is 3.34. The van der Waals surface area contributed by atoms with Gasteiger partial charge in [-0.15, -0.1) is 21.5 Å². The number of halogens is 1. The van der Waals surface area contributed by atoms with Gasteiger partial charge in [-0.3, -0.25) is 0 Å². The van der Waals surface area contributed by atoms with E-state index in [0.29, 0.717) is 0 Å². The molecule has 0 radical (unpaired) electrons. The van der Waals surface area contributed by atoms with Crippen molar-refractivity contribution < 1.29 is 0 Å². The van der Waals surface area contributed by atoms with Gasteiger partial charge in [0.25, 0.3) is 0 Å². The Morgan fingerprint density at radius 1 is 1.26 bits per heavy atom. The summed E-state index contributed by atoms with van der Waals surface area (Å²) >= 11 is 5.12. The second-order valence-electron chi connectivity index (χ2n) is 4.73. The van der Waals surface area contributed by atoms with Crippen LogP contribution in [0.25, 0.3) is 10.6 Å². The molecular formula is C13H15BrN4S. The standard InChI is InChI=1S/C13H15BrN4S/c14-12-5-4-11(19-12)10-3-6-13(17-16-10)18-7-1-2-9(15)8-18/h3-6,9H,1-2,7-8,15H2. The number of nitrogens with zero attached hydrogens (tertiary/aromatic N) is 3. The molecule has 0 bridgehead atoms. The highest BCUT2D eigenvalue weighted by Crippen LogP contribution is 2.30. The largest absolute Gasteiger partial charge is 0.354 e. The van der Waals surface area contributed by atoms with E-state index in [0.717, 1.165) is 46.1 Å². The van der Waals surface area contributed by atoms with Crippen LogP contribution in [-0.4, -0.2) is 29.3 Å². The molecule has 1 aliphatic heterocycles. The minimum Gasteiger partial charge on any atom is -0.354 e. The minimum absolute atomic E-state index is 0.253. The van der Waals surface area contributed by atoms with Gasteiger partial charge in [0, 0.05) is 19.1 Å². The lowest BCUT2D eigenvalue weighted by Gasteiger charge is -2.31. The Kier molecular flexibility index (Phi) is 3.81. The van der Waals surface area contributed by atoms with Crippen LogP contribution in [0.15, 0.2) is 28.1 Å². The van der Waals surface area contributed by atoms with Crippen molar-refractivity contribution in [2.24, 2.45) is 5.73 Å². The van der Waals surface area contributed by atoms with Crippen molar-refractivity contribution in [3.63, 3.8) is 0 Å². The Labute approximate surface area is 124 Å². The molecule has 0 aromatic carbocycles. The van der Waals surface area contributed by atoms with Gasteiger partial charge in [-0.1, -0.05) is 0 Å². The molecule has 2 N–H and O–H groups in total. The quantitative estimate of drug-likeness (QED) is 0.914. The summed E-state index contributed by atoms with van der Waals surface area (Å²) in [6, 6.07) is 8.40. The predicted octanol–water partition coefficient (Wildman–Crippen LogP) is 2.90. The summed E-state index contributed by atoms with van der Waals surface area (Å²) < 4.78 is 1.11. The molecule has 1 aliphatic rings. The first-order valence-corrected chi connectivity index (χ1v) is 7.93. The van der Waals surface area contributed by atoms with Gasteiger partial charge in [-0.2, -0.15) is 0 Å². The van der Waals surface area contributed by atoms with Crippen LogP contribution in [0.4, 0.5) is 5.82 Å². The molecule has 100 valence electrons. The third-order valence-electron chi connectivity index (χ3n) is 3.26. The lowest BCUT2D eigenvalue weighted by Crippen LogP contribution is -2.43. The Bertz CT molecular complexity index is 554. The van der Waals surface area contributed by atoms with E-state index in [1.54, 1.807) is 11.3 Å². The van der Waals surface area contributed by atoms with E-state index in [-0.39, 0.29) is 6.04 Å². The molecular weight excluding hydrogens is 324 g/mol. The first kappa shape index (κ1) is 13.0. The average Bonchev–Trinajstić information content (AvgIpc) is 2.86. The van der Waals surface area contributed by atoms with Gasteiger partial charge in [0.1, 0.15) is 5.69 Å². The molecule has 0 spiro atoms. The number of thiophene rings is 1. The molecule has 1 fully saturated rings. The van der Waals surface area contributed by atoms with Crippen LogP contribution < -0.4 is 10.6 Å². The van der Waals surface area contributed by atoms with E-state index in [2.05, 4.69) is 37.1 Å². The van der Waals surface area contributed by atoms with E-state index in [9.17, 15) is 0 Å². The Hall–Kier alpha value is -0.980.